The first-order valence-corrected chi connectivity index (χ1v) is 9.99. The van der Waals surface area contributed by atoms with Crippen molar-refractivity contribution in [1.82, 2.24) is 9.78 Å². The van der Waals surface area contributed by atoms with Crippen LogP contribution >= 0.6 is 0 Å². The topological polar surface area (TPSA) is 135 Å². The van der Waals surface area contributed by atoms with Crippen LogP contribution in [-0.2, 0) is 0 Å². The van der Waals surface area contributed by atoms with Crippen molar-refractivity contribution in [3.63, 3.8) is 0 Å². The van der Waals surface area contributed by atoms with Crippen LogP contribution in [0.1, 0.15) is 16.1 Å². The van der Waals surface area contributed by atoms with Gasteiger partial charge in [-0.25, -0.2) is 9.48 Å². The highest BCUT2D eigenvalue weighted by atomic mass is 16.5. The molecule has 9 nitrogen and oxygen atoms in total. The number of aromatic amines is 1. The van der Waals surface area contributed by atoms with E-state index in [1.165, 1.54) is 17.9 Å². The molecule has 0 amide bonds. The van der Waals surface area contributed by atoms with Gasteiger partial charge in [-0.2, -0.15) is 0 Å². The van der Waals surface area contributed by atoms with E-state index >= 15 is 0 Å². The lowest BCUT2D eigenvalue weighted by Gasteiger charge is -2.11. The Balaban J connectivity index is 1.74. The van der Waals surface area contributed by atoms with E-state index in [4.69, 9.17) is 10.5 Å². The second-order valence-electron chi connectivity index (χ2n) is 7.26. The zero-order valence-corrected chi connectivity index (χ0v) is 17.9. The number of hydrogen-bond acceptors (Lipinski definition) is 6. The molecule has 0 atom stereocenters. The molecular formula is C24H21N5O4. The summed E-state index contributed by atoms with van der Waals surface area (Å²) in [4.78, 5) is 24.3. The molecule has 0 bridgehead atoms. The molecule has 0 spiro atoms. The predicted octanol–water partition coefficient (Wildman–Crippen LogP) is 4.85. The van der Waals surface area contributed by atoms with Crippen LogP contribution in [0.4, 0.5) is 17.1 Å². The van der Waals surface area contributed by atoms with Crippen molar-refractivity contribution < 1.29 is 14.6 Å². The Morgan fingerprint density at radius 3 is 2.55 bits per heavy atom. The van der Waals surface area contributed by atoms with Gasteiger partial charge in [0, 0.05) is 11.3 Å². The number of azo groups is 1. The predicted molar refractivity (Wildman–Crippen MR) is 125 cm³/mol. The highest BCUT2D eigenvalue weighted by molar-refractivity contribution is 5.90. The molecule has 1 aromatic heterocycles. The van der Waals surface area contributed by atoms with Crippen LogP contribution < -0.4 is 16.0 Å². The van der Waals surface area contributed by atoms with E-state index in [9.17, 15) is 14.7 Å². The van der Waals surface area contributed by atoms with Crippen LogP contribution in [0.3, 0.4) is 0 Å². The van der Waals surface area contributed by atoms with Gasteiger partial charge in [-0.05, 0) is 48.9 Å². The Hall–Kier alpha value is -4.66. The van der Waals surface area contributed by atoms with Crippen molar-refractivity contribution >= 4 is 23.0 Å². The molecule has 166 valence electrons. The van der Waals surface area contributed by atoms with Crippen LogP contribution in [0, 0.1) is 6.92 Å². The highest BCUT2D eigenvalue weighted by Crippen LogP contribution is 2.39. The number of ether oxygens (including phenoxy) is 1. The number of nitrogen functional groups attached to an aromatic ring is 1. The van der Waals surface area contributed by atoms with Gasteiger partial charge < -0.3 is 15.6 Å². The van der Waals surface area contributed by atoms with E-state index in [1.807, 2.05) is 0 Å². The normalized spacial score (nSPS) is 11.1. The fourth-order valence-electron chi connectivity index (χ4n) is 3.47. The van der Waals surface area contributed by atoms with Gasteiger partial charge in [0.05, 0.1) is 24.1 Å². The standard InChI is InChI=1S/C24H21N5O4/c1-14-21(23(30)29(28-14)18-9-4-8-17(25)13-18)27-26-20-11-5-10-19(22(20)33-2)15-6-3-7-16(12-15)24(31)32/h3-13,28H,25H2,1-2H3,(H,31,32). The number of anilines is 1. The van der Waals surface area contributed by atoms with Crippen molar-refractivity contribution in [2.75, 3.05) is 12.8 Å². The molecule has 9 heteroatoms. The first kappa shape index (κ1) is 21.6. The Labute approximate surface area is 188 Å². The van der Waals surface area contributed by atoms with Crippen molar-refractivity contribution in [2.24, 2.45) is 10.2 Å². The minimum Gasteiger partial charge on any atom is -0.494 e. The lowest BCUT2D eigenvalue weighted by Crippen LogP contribution is -2.14. The van der Waals surface area contributed by atoms with E-state index < -0.39 is 5.97 Å². The average molecular weight is 443 g/mol. The molecule has 0 aliphatic carbocycles. The number of carboxylic acid groups (broad SMARTS) is 1. The molecule has 0 unspecified atom stereocenters. The van der Waals surface area contributed by atoms with Crippen molar-refractivity contribution in [3.05, 3.63) is 88.3 Å². The SMILES string of the molecule is COc1c(N=Nc2c(C)[nH]n(-c3cccc(N)c3)c2=O)cccc1-c1cccc(C(=O)O)c1. The van der Waals surface area contributed by atoms with Gasteiger partial charge in [0.2, 0.25) is 0 Å². The number of rotatable bonds is 6. The van der Waals surface area contributed by atoms with Gasteiger partial charge >= 0.3 is 5.97 Å². The number of para-hydroxylation sites is 1. The number of H-pyrrole nitrogens is 1. The maximum atomic E-state index is 12.9. The van der Waals surface area contributed by atoms with Gasteiger partial charge in [-0.3, -0.25) is 9.89 Å². The molecule has 0 saturated carbocycles. The molecule has 0 aliphatic heterocycles. The summed E-state index contributed by atoms with van der Waals surface area (Å²) >= 11 is 0. The fourth-order valence-corrected chi connectivity index (χ4v) is 3.47. The first-order chi connectivity index (χ1) is 15.9. The molecule has 0 radical (unpaired) electrons. The largest absolute Gasteiger partial charge is 0.494 e. The Morgan fingerprint density at radius 2 is 1.82 bits per heavy atom. The van der Waals surface area contributed by atoms with E-state index in [0.29, 0.717) is 39.6 Å². The summed E-state index contributed by atoms with van der Waals surface area (Å²) in [5.41, 5.74) is 9.13. The number of carboxylic acids is 1. The molecule has 33 heavy (non-hydrogen) atoms. The maximum Gasteiger partial charge on any atom is 0.335 e. The minimum atomic E-state index is -1.02. The number of nitrogens with two attached hydrogens (primary N) is 1. The molecular weight excluding hydrogens is 422 g/mol. The third-order valence-electron chi connectivity index (χ3n) is 5.05. The number of methoxy groups -OCH3 is 1. The molecule has 1 heterocycles. The molecule has 3 aromatic carbocycles. The molecule has 4 aromatic rings. The van der Waals surface area contributed by atoms with Crippen molar-refractivity contribution in [2.45, 2.75) is 6.92 Å². The third kappa shape index (κ3) is 4.24. The van der Waals surface area contributed by atoms with E-state index in [1.54, 1.807) is 67.6 Å². The van der Waals surface area contributed by atoms with Crippen LogP contribution in [-0.4, -0.2) is 28.0 Å². The van der Waals surface area contributed by atoms with Crippen molar-refractivity contribution in [1.29, 1.82) is 0 Å². The summed E-state index contributed by atoms with van der Waals surface area (Å²) in [6.07, 6.45) is 0. The Bertz CT molecular complexity index is 1440. The second-order valence-corrected chi connectivity index (χ2v) is 7.26. The summed E-state index contributed by atoms with van der Waals surface area (Å²) in [7, 11) is 1.49. The Kier molecular flexibility index (Phi) is 5.77. The van der Waals surface area contributed by atoms with Gasteiger partial charge in [-0.1, -0.05) is 30.3 Å². The lowest BCUT2D eigenvalue weighted by molar-refractivity contribution is 0.0697. The number of benzene rings is 3. The van der Waals surface area contributed by atoms with E-state index in [2.05, 4.69) is 15.3 Å². The molecule has 0 aliphatic rings. The summed E-state index contributed by atoms with van der Waals surface area (Å²) in [5, 5.41) is 20.7. The monoisotopic (exact) mass is 443 g/mol. The zero-order valence-electron chi connectivity index (χ0n) is 17.9. The third-order valence-corrected chi connectivity index (χ3v) is 5.05. The fraction of sp³-hybridized carbons (Fsp3) is 0.0833. The van der Waals surface area contributed by atoms with Crippen LogP contribution in [0.2, 0.25) is 0 Å². The second kappa shape index (κ2) is 8.83. The van der Waals surface area contributed by atoms with Crippen molar-refractivity contribution in [3.8, 4) is 22.6 Å². The molecule has 4 rings (SSSR count). The maximum absolute atomic E-state index is 12.9. The molecule has 0 saturated heterocycles. The van der Waals surface area contributed by atoms with Crippen LogP contribution in [0.15, 0.2) is 81.8 Å². The van der Waals surface area contributed by atoms with E-state index in [0.717, 1.165) is 0 Å². The molecule has 0 fully saturated rings. The number of aryl methyl sites for hydroxylation is 1. The number of nitrogens with one attached hydrogen (secondary N) is 1. The number of hydrogen-bond donors (Lipinski definition) is 3. The average Bonchev–Trinajstić information content (AvgIpc) is 3.10. The lowest BCUT2D eigenvalue weighted by atomic mass is 10.0. The van der Waals surface area contributed by atoms with Gasteiger partial charge in [0.1, 0.15) is 5.69 Å². The van der Waals surface area contributed by atoms with E-state index in [-0.39, 0.29) is 16.8 Å². The van der Waals surface area contributed by atoms with Gasteiger partial charge in [-0.15, -0.1) is 10.2 Å². The summed E-state index contributed by atoms with van der Waals surface area (Å²) in [5.74, 6) is -0.612. The zero-order chi connectivity index (χ0) is 23.5. The summed E-state index contributed by atoms with van der Waals surface area (Å²) in [6, 6.07) is 18.7. The highest BCUT2D eigenvalue weighted by Gasteiger charge is 2.15. The van der Waals surface area contributed by atoms with Gasteiger partial charge in [0.15, 0.2) is 11.4 Å². The van der Waals surface area contributed by atoms with Crippen LogP contribution in [0.25, 0.3) is 16.8 Å². The quantitative estimate of drug-likeness (QED) is 0.289. The number of carbonyl (C=O) groups is 1. The van der Waals surface area contributed by atoms with Crippen LogP contribution in [0.5, 0.6) is 5.75 Å². The number of nitrogens with zero attached hydrogens (tertiary/aromatic N) is 3. The minimum absolute atomic E-state index is 0.151. The summed E-state index contributed by atoms with van der Waals surface area (Å²) < 4.78 is 6.91. The molecule has 4 N–H and O–H groups in total. The summed E-state index contributed by atoms with van der Waals surface area (Å²) in [6.45, 7) is 1.73. The Morgan fingerprint density at radius 1 is 1.06 bits per heavy atom. The number of aromatic nitrogens is 2. The van der Waals surface area contributed by atoms with Gasteiger partial charge in [0.25, 0.3) is 5.56 Å². The first-order valence-electron chi connectivity index (χ1n) is 9.99. The smallest absolute Gasteiger partial charge is 0.335 e. The number of aromatic carboxylic acids is 1.